The van der Waals surface area contributed by atoms with Crippen LogP contribution in [0.1, 0.15) is 61.1 Å². The Balaban J connectivity index is 0.00000323. The number of halogens is 3. The molecule has 0 N–H and O–H groups in total. The number of hydrogen-bond acceptors (Lipinski definition) is 3. The van der Waals surface area contributed by atoms with Crippen molar-refractivity contribution in [2.24, 2.45) is 0 Å². The summed E-state index contributed by atoms with van der Waals surface area (Å²) in [6, 6.07) is 13.9. The van der Waals surface area contributed by atoms with E-state index < -0.39 is 8.07 Å². The smallest absolute Gasteiger partial charge is 1.00 e. The van der Waals surface area contributed by atoms with Gasteiger partial charge in [0.1, 0.15) is 0 Å². The molecule has 0 bridgehead atoms. The quantitative estimate of drug-likeness (QED) is 0.210. The minimum absolute atomic E-state index is 0. The Morgan fingerprint density at radius 2 is 0.682 bits per heavy atom. The van der Waals surface area contributed by atoms with E-state index in [0.717, 1.165) is 17.2 Å². The molecule has 0 atom stereocenters. The fourth-order valence-electron chi connectivity index (χ4n) is 6.76. The second-order valence-electron chi connectivity index (χ2n) is 11.9. The van der Waals surface area contributed by atoms with Gasteiger partial charge in [0.05, 0.1) is 0 Å². The maximum Gasteiger partial charge on any atom is -1.00 e. The van der Waals surface area contributed by atoms with Crippen LogP contribution >= 0.6 is 0 Å². The number of rotatable bonds is 7. The summed E-state index contributed by atoms with van der Waals surface area (Å²) < 4.78 is 18.7. The van der Waals surface area contributed by atoms with Gasteiger partial charge in [0, 0.05) is 0 Å². The van der Waals surface area contributed by atoms with E-state index in [1.165, 1.54) is 71.2 Å². The number of methoxy groups -OCH3 is 3. The first-order valence-corrected chi connectivity index (χ1v) is 17.1. The van der Waals surface area contributed by atoms with Crippen molar-refractivity contribution in [2.45, 2.75) is 72.6 Å². The third-order valence-corrected chi connectivity index (χ3v) is 18.4. The molecule has 0 radical (unpaired) electrons. The summed E-state index contributed by atoms with van der Waals surface area (Å²) in [5.41, 5.74) is 13.0. The summed E-state index contributed by atoms with van der Waals surface area (Å²) in [6.07, 6.45) is 0. The zero-order valence-corrected chi connectivity index (χ0v) is 33.2. The van der Waals surface area contributed by atoms with E-state index in [1.807, 2.05) is 0 Å². The predicted octanol–water partition coefficient (Wildman–Crippen LogP) is -2.02. The van der Waals surface area contributed by atoms with E-state index in [0.29, 0.717) is 0 Å². The van der Waals surface area contributed by atoms with Crippen molar-refractivity contribution in [3.8, 4) is 17.2 Å². The monoisotopic (exact) mass is 706 g/mol. The van der Waals surface area contributed by atoms with Gasteiger partial charge in [-0.3, -0.25) is 0 Å². The summed E-state index contributed by atoms with van der Waals surface area (Å²) in [7, 11) is 2.24. The predicted molar refractivity (Wildman–Crippen MR) is 172 cm³/mol. The molecule has 3 aromatic rings. The molecule has 8 heteroatoms. The van der Waals surface area contributed by atoms with Crippen molar-refractivity contribution < 1.29 is 71.9 Å². The summed E-state index contributed by atoms with van der Waals surface area (Å²) in [5.74, 6) is 2.76. The van der Waals surface area contributed by atoms with Gasteiger partial charge in [-0.2, -0.15) is 0 Å². The summed E-state index contributed by atoms with van der Waals surface area (Å²) >= 11 is 2.47. The van der Waals surface area contributed by atoms with E-state index >= 15 is 0 Å². The summed E-state index contributed by atoms with van der Waals surface area (Å²) in [4.78, 5) is 0. The first kappa shape index (κ1) is 40.4. The van der Waals surface area contributed by atoms with E-state index in [4.69, 9.17) is 14.2 Å². The van der Waals surface area contributed by atoms with Gasteiger partial charge in [0.2, 0.25) is 0 Å². The Morgan fingerprint density at radius 3 is 0.909 bits per heavy atom. The molecule has 0 unspecified atom stereocenters. The first-order chi connectivity index (χ1) is 19.2. The molecule has 0 aliphatic heterocycles. The summed E-state index contributed by atoms with van der Waals surface area (Å²) in [5, 5.41) is 3.74. The van der Waals surface area contributed by atoms with Crippen LogP contribution in [0, 0.1) is 41.5 Å². The first-order valence-electron chi connectivity index (χ1n) is 14.3. The van der Waals surface area contributed by atoms with E-state index in [1.54, 1.807) is 21.3 Å². The van der Waals surface area contributed by atoms with Crippen molar-refractivity contribution in [1.82, 2.24) is 0 Å². The van der Waals surface area contributed by atoms with Gasteiger partial charge in [0.25, 0.3) is 0 Å². The molecule has 44 heavy (non-hydrogen) atoms. The van der Waals surface area contributed by atoms with Crippen LogP contribution in [0.5, 0.6) is 17.2 Å². The van der Waals surface area contributed by atoms with E-state index in [-0.39, 0.29) is 40.6 Å². The van der Waals surface area contributed by atoms with Gasteiger partial charge in [-0.15, -0.1) is 0 Å². The van der Waals surface area contributed by atoms with Gasteiger partial charge in [-0.05, 0) is 0 Å². The average Bonchev–Trinajstić information content (AvgIpc) is 3.09. The van der Waals surface area contributed by atoms with Gasteiger partial charge in [-0.25, -0.2) is 0 Å². The molecular weight excluding hydrogens is 663 g/mol. The molecule has 0 amide bonds. The third kappa shape index (κ3) is 5.85. The molecule has 0 aromatic heterocycles. The average molecular weight is 708 g/mol. The Morgan fingerprint density at radius 1 is 0.455 bits per heavy atom. The molecule has 236 valence electrons. The minimum Gasteiger partial charge on any atom is -1.00 e. The number of aryl methyl sites for hydroxylation is 6. The normalized spacial score (nSPS) is 14.1. The topological polar surface area (TPSA) is 27.7 Å². The molecule has 1 aliphatic rings. The maximum atomic E-state index is 6.33. The molecule has 0 fully saturated rings. The van der Waals surface area contributed by atoms with Gasteiger partial charge >= 0.3 is 262 Å². The van der Waals surface area contributed by atoms with Crippen LogP contribution in [0.15, 0.2) is 58.7 Å². The van der Waals surface area contributed by atoms with Crippen LogP contribution in [-0.4, -0.2) is 29.4 Å². The number of allylic oxidation sites excluding steroid dienone is 4. The minimum atomic E-state index is -3.18. The van der Waals surface area contributed by atoms with Crippen LogP contribution in [0.25, 0.3) is 0 Å². The SMILES string of the molecule is COc1cc(C)c(C)cc1[Si](c1cc(C)c(C)cc1OC)(c1cc(C)c(C)cc1OC)[C]1([Ti+3])C(C)=C(C)C(C)=C1C.[Cl-].[Cl-].[Cl-]. The van der Waals surface area contributed by atoms with E-state index in [9.17, 15) is 0 Å². The van der Waals surface area contributed by atoms with Gasteiger partial charge in [-0.1, -0.05) is 0 Å². The summed E-state index contributed by atoms with van der Waals surface area (Å²) in [6.45, 7) is 22.4. The van der Waals surface area contributed by atoms with Crippen molar-refractivity contribution in [3.05, 3.63) is 92.1 Å². The standard InChI is InChI=1S/C36H45O3Si.3ClH.Ti/c1-20-14-30(37-11)33(17-23(20)4)40(36-28(9)26(7)27(8)29(36)10,34-18-24(5)21(2)15-31(34)38-12)35-19-25(6)22(3)16-32(35)39-13;;;;/h14-19H,1-13H3;3*1H;/q;;;;+3/p-3. The molecule has 0 spiro atoms. The third-order valence-electron chi connectivity index (χ3n) is 10.0. The molecule has 3 aromatic carbocycles. The Bertz CT molecular complexity index is 1460. The molecular formula is C36H45Cl3O3SiTi. The maximum absolute atomic E-state index is 6.33. The number of ether oxygens (including phenoxy) is 3. The largest absolute Gasteiger partial charge is 1.00 e. The van der Waals surface area contributed by atoms with Crippen LogP contribution in [0.3, 0.4) is 0 Å². The zero-order chi connectivity index (χ0) is 30.6. The molecule has 0 saturated heterocycles. The molecule has 1 aliphatic carbocycles. The van der Waals surface area contributed by atoms with Crippen molar-refractivity contribution in [2.75, 3.05) is 21.3 Å². The molecule has 4 rings (SSSR count). The second kappa shape index (κ2) is 14.8. The zero-order valence-electron chi connectivity index (χ0n) is 28.3. The van der Waals surface area contributed by atoms with Gasteiger partial charge in [0.15, 0.2) is 0 Å². The Kier molecular flexibility index (Phi) is 13.6. The van der Waals surface area contributed by atoms with Crippen LogP contribution in [0.2, 0.25) is 3.34 Å². The second-order valence-corrected chi connectivity index (χ2v) is 17.7. The van der Waals surface area contributed by atoms with E-state index in [2.05, 4.69) is 126 Å². The van der Waals surface area contributed by atoms with Crippen LogP contribution in [-0.2, 0) is 20.4 Å². The fourth-order valence-corrected chi connectivity index (χ4v) is 15.8. The number of hydrogen-bond donors (Lipinski definition) is 0. The van der Waals surface area contributed by atoms with Gasteiger partial charge < -0.3 is 37.2 Å². The molecule has 0 saturated carbocycles. The molecule has 3 nitrogen and oxygen atoms in total. The fraction of sp³-hybridized carbons (Fsp3) is 0.389. The van der Waals surface area contributed by atoms with Crippen LogP contribution < -0.4 is 67.0 Å². The number of benzene rings is 3. The van der Waals surface area contributed by atoms with Crippen molar-refractivity contribution in [1.29, 1.82) is 0 Å². The Hall–Kier alpha value is -1.66. The van der Waals surface area contributed by atoms with Crippen molar-refractivity contribution >= 4 is 23.6 Å². The Labute approximate surface area is 296 Å². The van der Waals surface area contributed by atoms with Crippen LogP contribution in [0.4, 0.5) is 0 Å². The molecule has 0 heterocycles. The van der Waals surface area contributed by atoms with Crippen molar-refractivity contribution in [3.63, 3.8) is 0 Å².